The Morgan fingerprint density at radius 1 is 1.11 bits per heavy atom. The number of likely N-dealkylation sites (tertiary alicyclic amines) is 1. The van der Waals surface area contributed by atoms with Crippen LogP contribution in [0, 0.1) is 5.92 Å². The highest BCUT2D eigenvalue weighted by Gasteiger charge is 2.23. The lowest BCUT2D eigenvalue weighted by molar-refractivity contribution is 0.182. The number of para-hydroxylation sites is 1. The Balaban J connectivity index is 1.31. The van der Waals surface area contributed by atoms with Crippen LogP contribution in [0.15, 0.2) is 60.8 Å². The summed E-state index contributed by atoms with van der Waals surface area (Å²) in [5, 5.41) is 4.80. The van der Waals surface area contributed by atoms with Gasteiger partial charge in [-0.1, -0.05) is 29.8 Å². The van der Waals surface area contributed by atoms with Gasteiger partial charge in [0, 0.05) is 35.4 Å². The van der Waals surface area contributed by atoms with Gasteiger partial charge in [0.1, 0.15) is 0 Å². The number of rotatable bonds is 3. The largest absolute Gasteiger partial charge is 0.325 e. The number of benzene rings is 2. The molecule has 27 heavy (non-hydrogen) atoms. The van der Waals surface area contributed by atoms with Gasteiger partial charge >= 0.3 is 6.03 Å². The molecular formula is C22H22ClN3O. The maximum absolute atomic E-state index is 12.4. The molecule has 4 rings (SSSR count). The Morgan fingerprint density at radius 2 is 1.85 bits per heavy atom. The van der Waals surface area contributed by atoms with Crippen LogP contribution in [0.3, 0.4) is 0 Å². The first-order valence-corrected chi connectivity index (χ1v) is 9.70. The highest BCUT2D eigenvalue weighted by Crippen LogP contribution is 2.24. The van der Waals surface area contributed by atoms with Gasteiger partial charge in [0.05, 0.1) is 5.52 Å². The van der Waals surface area contributed by atoms with Crippen LogP contribution in [0.2, 0.25) is 5.02 Å². The summed E-state index contributed by atoms with van der Waals surface area (Å²) in [6.45, 7) is 1.57. The minimum Gasteiger partial charge on any atom is -0.325 e. The normalized spacial score (nSPS) is 15.1. The van der Waals surface area contributed by atoms with E-state index in [1.165, 1.54) is 10.9 Å². The SMILES string of the molecule is O=C(Nc1ccc(Cl)cc1)N1CCC(Cc2cnc3ccccc3c2)CC1. The number of hydrogen-bond acceptors (Lipinski definition) is 2. The number of halogens is 1. The Hall–Kier alpha value is -2.59. The predicted molar refractivity (Wildman–Crippen MR) is 110 cm³/mol. The molecule has 4 nitrogen and oxygen atoms in total. The average molecular weight is 380 g/mol. The molecule has 138 valence electrons. The number of hydrogen-bond donors (Lipinski definition) is 1. The van der Waals surface area contributed by atoms with Crippen molar-refractivity contribution in [2.24, 2.45) is 5.92 Å². The van der Waals surface area contributed by atoms with Crippen molar-refractivity contribution in [1.29, 1.82) is 0 Å². The van der Waals surface area contributed by atoms with Crippen LogP contribution >= 0.6 is 11.6 Å². The van der Waals surface area contributed by atoms with E-state index in [-0.39, 0.29) is 6.03 Å². The fourth-order valence-corrected chi connectivity index (χ4v) is 3.76. The molecule has 0 unspecified atom stereocenters. The van der Waals surface area contributed by atoms with Crippen LogP contribution < -0.4 is 5.32 Å². The summed E-state index contributed by atoms with van der Waals surface area (Å²) in [6.07, 6.45) is 5.04. The molecule has 2 heterocycles. The molecule has 1 aliphatic heterocycles. The van der Waals surface area contributed by atoms with Gasteiger partial charge in [0.2, 0.25) is 0 Å². The van der Waals surface area contributed by atoms with Crippen LogP contribution in [-0.4, -0.2) is 29.0 Å². The van der Waals surface area contributed by atoms with Crippen molar-refractivity contribution in [3.8, 4) is 0 Å². The van der Waals surface area contributed by atoms with Gasteiger partial charge in [-0.3, -0.25) is 4.98 Å². The molecule has 0 bridgehead atoms. The van der Waals surface area contributed by atoms with Gasteiger partial charge in [-0.05, 0) is 67.1 Å². The third-order valence-electron chi connectivity index (χ3n) is 5.17. The standard InChI is InChI=1S/C22H22ClN3O/c23-19-5-7-20(8-6-19)25-22(27)26-11-9-16(10-12-26)13-17-14-18-3-1-2-4-21(18)24-15-17/h1-8,14-16H,9-13H2,(H,25,27). The van der Waals surface area contributed by atoms with E-state index in [2.05, 4.69) is 22.4 Å². The molecule has 1 aliphatic rings. The Morgan fingerprint density at radius 3 is 2.63 bits per heavy atom. The zero-order chi connectivity index (χ0) is 18.6. The van der Waals surface area contributed by atoms with Crippen LogP contribution in [0.4, 0.5) is 10.5 Å². The first-order valence-electron chi connectivity index (χ1n) is 9.32. The highest BCUT2D eigenvalue weighted by molar-refractivity contribution is 6.30. The second-order valence-electron chi connectivity index (χ2n) is 7.11. The third kappa shape index (κ3) is 4.40. The Labute approximate surface area is 164 Å². The van der Waals surface area contributed by atoms with E-state index in [9.17, 15) is 4.79 Å². The van der Waals surface area contributed by atoms with Crippen LogP contribution in [0.1, 0.15) is 18.4 Å². The topological polar surface area (TPSA) is 45.2 Å². The van der Waals surface area contributed by atoms with Crippen LogP contribution in [-0.2, 0) is 6.42 Å². The number of piperidine rings is 1. The molecule has 2 aromatic carbocycles. The summed E-state index contributed by atoms with van der Waals surface area (Å²) in [6, 6.07) is 17.6. The zero-order valence-electron chi connectivity index (χ0n) is 15.1. The fourth-order valence-electron chi connectivity index (χ4n) is 3.64. The molecule has 0 radical (unpaired) electrons. The molecule has 1 fully saturated rings. The minimum atomic E-state index is -0.0388. The van der Waals surface area contributed by atoms with Gasteiger partial charge in [-0.25, -0.2) is 4.79 Å². The van der Waals surface area contributed by atoms with Crippen molar-refractivity contribution in [2.45, 2.75) is 19.3 Å². The zero-order valence-corrected chi connectivity index (χ0v) is 15.8. The number of aromatic nitrogens is 1. The summed E-state index contributed by atoms with van der Waals surface area (Å²) < 4.78 is 0. The number of nitrogens with zero attached hydrogens (tertiary/aromatic N) is 2. The van der Waals surface area contributed by atoms with E-state index >= 15 is 0 Å². The average Bonchev–Trinajstić information content (AvgIpc) is 2.70. The van der Waals surface area contributed by atoms with Crippen molar-refractivity contribution in [2.75, 3.05) is 18.4 Å². The highest BCUT2D eigenvalue weighted by atomic mass is 35.5. The van der Waals surface area contributed by atoms with Gasteiger partial charge in [-0.2, -0.15) is 0 Å². The van der Waals surface area contributed by atoms with Crippen molar-refractivity contribution in [3.63, 3.8) is 0 Å². The molecule has 0 saturated carbocycles. The quantitative estimate of drug-likeness (QED) is 0.664. The van der Waals surface area contributed by atoms with E-state index in [0.717, 1.165) is 43.6 Å². The predicted octanol–water partition coefficient (Wildman–Crippen LogP) is 5.37. The number of pyridine rings is 1. The lowest BCUT2D eigenvalue weighted by atomic mass is 9.90. The second-order valence-corrected chi connectivity index (χ2v) is 7.54. The molecule has 3 aromatic rings. The summed E-state index contributed by atoms with van der Waals surface area (Å²) in [5.41, 5.74) is 3.08. The molecule has 0 spiro atoms. The van der Waals surface area contributed by atoms with E-state index in [0.29, 0.717) is 10.9 Å². The van der Waals surface area contributed by atoms with Crippen molar-refractivity contribution >= 4 is 34.2 Å². The first-order chi connectivity index (χ1) is 13.2. The molecule has 1 N–H and O–H groups in total. The number of anilines is 1. The van der Waals surface area contributed by atoms with Gasteiger partial charge < -0.3 is 10.2 Å². The molecule has 1 saturated heterocycles. The lowest BCUT2D eigenvalue weighted by Crippen LogP contribution is -2.41. The van der Waals surface area contributed by atoms with E-state index < -0.39 is 0 Å². The molecular weight excluding hydrogens is 358 g/mol. The summed E-state index contributed by atoms with van der Waals surface area (Å²) in [7, 11) is 0. The lowest BCUT2D eigenvalue weighted by Gasteiger charge is -2.32. The Kier molecular flexibility index (Phi) is 5.26. The smallest absolute Gasteiger partial charge is 0.321 e. The maximum atomic E-state index is 12.4. The fraction of sp³-hybridized carbons (Fsp3) is 0.273. The number of carbonyl (C=O) groups is 1. The summed E-state index contributed by atoms with van der Waals surface area (Å²) in [4.78, 5) is 18.9. The number of nitrogens with one attached hydrogen (secondary N) is 1. The minimum absolute atomic E-state index is 0.0388. The van der Waals surface area contributed by atoms with Crippen molar-refractivity contribution < 1.29 is 4.79 Å². The van der Waals surface area contributed by atoms with E-state index in [1.807, 2.05) is 41.4 Å². The van der Waals surface area contributed by atoms with Gasteiger partial charge in [-0.15, -0.1) is 0 Å². The molecule has 5 heteroatoms. The van der Waals surface area contributed by atoms with Crippen molar-refractivity contribution in [3.05, 3.63) is 71.4 Å². The first kappa shape index (κ1) is 17.8. The number of carbonyl (C=O) groups excluding carboxylic acids is 1. The van der Waals surface area contributed by atoms with E-state index in [1.54, 1.807) is 12.1 Å². The van der Waals surface area contributed by atoms with Crippen LogP contribution in [0.25, 0.3) is 10.9 Å². The molecule has 0 atom stereocenters. The van der Waals surface area contributed by atoms with Crippen LogP contribution in [0.5, 0.6) is 0 Å². The summed E-state index contributed by atoms with van der Waals surface area (Å²) >= 11 is 5.88. The molecule has 1 aromatic heterocycles. The van der Waals surface area contributed by atoms with Crippen molar-refractivity contribution in [1.82, 2.24) is 9.88 Å². The summed E-state index contributed by atoms with van der Waals surface area (Å²) in [5.74, 6) is 0.590. The number of fused-ring (bicyclic) bond motifs is 1. The monoisotopic (exact) mass is 379 g/mol. The van der Waals surface area contributed by atoms with Gasteiger partial charge in [0.25, 0.3) is 0 Å². The maximum Gasteiger partial charge on any atom is 0.321 e. The van der Waals surface area contributed by atoms with E-state index in [4.69, 9.17) is 11.6 Å². The Bertz CT molecular complexity index is 934. The third-order valence-corrected chi connectivity index (χ3v) is 5.42. The number of urea groups is 1. The van der Waals surface area contributed by atoms with Gasteiger partial charge in [0.15, 0.2) is 0 Å². The molecule has 2 amide bonds. The molecule has 0 aliphatic carbocycles. The number of amides is 2. The second kappa shape index (κ2) is 7.97.